The van der Waals surface area contributed by atoms with E-state index in [-0.39, 0.29) is 0 Å². The van der Waals surface area contributed by atoms with Crippen molar-refractivity contribution in [1.82, 2.24) is 15.0 Å². The zero-order valence-corrected chi connectivity index (χ0v) is 9.71. The molecule has 15 heavy (non-hydrogen) atoms. The monoisotopic (exact) mass is 219 g/mol. The van der Waals surface area contributed by atoms with Gasteiger partial charge in [0.05, 0.1) is 5.69 Å². The lowest BCUT2D eigenvalue weighted by molar-refractivity contribution is 0.892. The third-order valence-electron chi connectivity index (χ3n) is 2.05. The molecule has 0 bridgehead atoms. The Hall–Kier alpha value is -1.29. The quantitative estimate of drug-likeness (QED) is 0.796. The van der Waals surface area contributed by atoms with Crippen molar-refractivity contribution >= 4 is 11.3 Å². The predicted octanol–water partition coefficient (Wildman–Crippen LogP) is 2.86. The molecular weight excluding hydrogens is 206 g/mol. The van der Waals surface area contributed by atoms with Gasteiger partial charge in [0.25, 0.3) is 0 Å². The minimum Gasteiger partial charge on any atom is -0.242 e. The molecule has 4 heteroatoms. The van der Waals surface area contributed by atoms with Crippen LogP contribution >= 0.6 is 11.3 Å². The van der Waals surface area contributed by atoms with Crippen LogP contribution in [-0.4, -0.2) is 15.0 Å². The first kappa shape index (κ1) is 10.2. The second-order valence-corrected chi connectivity index (χ2v) is 4.24. The number of rotatable bonds is 3. The largest absolute Gasteiger partial charge is 0.242 e. The predicted molar refractivity (Wildman–Crippen MR) is 61.9 cm³/mol. The third-order valence-corrected chi connectivity index (χ3v) is 2.97. The Kier molecular flexibility index (Phi) is 3.06. The Bertz CT molecular complexity index is 451. The summed E-state index contributed by atoms with van der Waals surface area (Å²) in [5, 5.41) is 3.10. The summed E-state index contributed by atoms with van der Waals surface area (Å²) in [5.41, 5.74) is 2.09. The van der Waals surface area contributed by atoms with Crippen LogP contribution in [0.15, 0.2) is 17.6 Å². The minimum atomic E-state index is 0.791. The van der Waals surface area contributed by atoms with E-state index in [0.29, 0.717) is 0 Å². The molecule has 0 saturated carbocycles. The van der Waals surface area contributed by atoms with E-state index in [0.717, 1.165) is 35.1 Å². The fourth-order valence-electron chi connectivity index (χ4n) is 1.37. The fraction of sp³-hybridized carbons (Fsp3) is 0.364. The molecule has 0 spiro atoms. The second-order valence-electron chi connectivity index (χ2n) is 3.38. The molecule has 3 nitrogen and oxygen atoms in total. The van der Waals surface area contributed by atoms with Crippen molar-refractivity contribution in [1.29, 1.82) is 0 Å². The number of aryl methyl sites for hydroxylation is 2. The number of hydrogen-bond donors (Lipinski definition) is 0. The molecule has 0 aliphatic heterocycles. The highest BCUT2D eigenvalue weighted by molar-refractivity contribution is 7.13. The molecule has 0 aliphatic carbocycles. The summed E-state index contributed by atoms with van der Waals surface area (Å²) >= 11 is 1.65. The van der Waals surface area contributed by atoms with Crippen LogP contribution in [0.4, 0.5) is 0 Å². The van der Waals surface area contributed by atoms with Gasteiger partial charge in [-0.3, -0.25) is 0 Å². The Morgan fingerprint density at radius 3 is 2.93 bits per heavy atom. The average Bonchev–Trinajstić information content (AvgIpc) is 2.67. The molecule has 0 radical (unpaired) electrons. The van der Waals surface area contributed by atoms with Gasteiger partial charge >= 0.3 is 0 Å². The number of hydrogen-bond acceptors (Lipinski definition) is 4. The van der Waals surface area contributed by atoms with E-state index in [1.165, 1.54) is 0 Å². The lowest BCUT2D eigenvalue weighted by atomic mass is 10.3. The summed E-state index contributed by atoms with van der Waals surface area (Å²) in [4.78, 5) is 13.0. The smallest absolute Gasteiger partial charge is 0.142 e. The number of nitrogens with zero attached hydrogens (tertiary/aromatic N) is 3. The van der Waals surface area contributed by atoms with Crippen LogP contribution < -0.4 is 0 Å². The van der Waals surface area contributed by atoms with Crippen LogP contribution in [0.2, 0.25) is 0 Å². The SMILES string of the molecule is CCCc1csc(-c2ccnc(C)n2)n1. The van der Waals surface area contributed by atoms with E-state index in [9.17, 15) is 0 Å². The summed E-state index contributed by atoms with van der Waals surface area (Å²) in [7, 11) is 0. The maximum atomic E-state index is 4.54. The minimum absolute atomic E-state index is 0.791. The lowest BCUT2D eigenvalue weighted by Crippen LogP contribution is -1.90. The maximum absolute atomic E-state index is 4.54. The summed E-state index contributed by atoms with van der Waals surface area (Å²) in [6.45, 7) is 4.05. The van der Waals surface area contributed by atoms with Crippen molar-refractivity contribution in [3.05, 3.63) is 29.2 Å². The number of thiazole rings is 1. The van der Waals surface area contributed by atoms with Gasteiger partial charge in [0.2, 0.25) is 0 Å². The molecule has 78 valence electrons. The highest BCUT2D eigenvalue weighted by Crippen LogP contribution is 2.21. The van der Waals surface area contributed by atoms with Crippen molar-refractivity contribution in [3.8, 4) is 10.7 Å². The van der Waals surface area contributed by atoms with Crippen molar-refractivity contribution < 1.29 is 0 Å². The van der Waals surface area contributed by atoms with Crippen molar-refractivity contribution in [3.63, 3.8) is 0 Å². The van der Waals surface area contributed by atoms with Gasteiger partial charge in [-0.1, -0.05) is 13.3 Å². The molecule has 0 aromatic carbocycles. The van der Waals surface area contributed by atoms with Crippen LogP contribution in [0.5, 0.6) is 0 Å². The molecule has 2 heterocycles. The van der Waals surface area contributed by atoms with Gasteiger partial charge in [-0.15, -0.1) is 11.3 Å². The standard InChI is InChI=1S/C11H13N3S/c1-3-4-9-7-15-11(14-9)10-5-6-12-8(2)13-10/h5-7H,3-4H2,1-2H3. The van der Waals surface area contributed by atoms with Gasteiger partial charge in [-0.2, -0.15) is 0 Å². The van der Waals surface area contributed by atoms with E-state index in [1.54, 1.807) is 17.5 Å². The lowest BCUT2D eigenvalue weighted by Gasteiger charge is -1.95. The molecule has 0 amide bonds. The van der Waals surface area contributed by atoms with Gasteiger partial charge in [-0.05, 0) is 19.4 Å². The van der Waals surface area contributed by atoms with Crippen molar-refractivity contribution in [2.24, 2.45) is 0 Å². The summed E-state index contributed by atoms with van der Waals surface area (Å²) < 4.78 is 0. The Labute approximate surface area is 93.2 Å². The molecule has 0 saturated heterocycles. The van der Waals surface area contributed by atoms with E-state index >= 15 is 0 Å². The first-order chi connectivity index (χ1) is 7.29. The van der Waals surface area contributed by atoms with Crippen LogP contribution in [0.1, 0.15) is 24.9 Å². The van der Waals surface area contributed by atoms with E-state index in [4.69, 9.17) is 0 Å². The topological polar surface area (TPSA) is 38.7 Å². The first-order valence-corrected chi connectivity index (χ1v) is 5.92. The highest BCUT2D eigenvalue weighted by Gasteiger charge is 2.05. The molecule has 0 N–H and O–H groups in total. The zero-order chi connectivity index (χ0) is 10.7. The van der Waals surface area contributed by atoms with Crippen molar-refractivity contribution in [2.45, 2.75) is 26.7 Å². The third kappa shape index (κ3) is 2.39. The molecule has 2 rings (SSSR count). The summed E-state index contributed by atoms with van der Waals surface area (Å²) in [6.07, 6.45) is 3.95. The summed E-state index contributed by atoms with van der Waals surface area (Å²) in [6, 6.07) is 1.90. The van der Waals surface area contributed by atoms with Crippen LogP contribution in [0, 0.1) is 6.92 Å². The van der Waals surface area contributed by atoms with E-state index in [1.807, 2.05) is 13.0 Å². The van der Waals surface area contributed by atoms with Gasteiger partial charge in [0, 0.05) is 11.6 Å². The van der Waals surface area contributed by atoms with Gasteiger partial charge < -0.3 is 0 Å². The number of aromatic nitrogens is 3. The van der Waals surface area contributed by atoms with Crippen LogP contribution in [0.3, 0.4) is 0 Å². The van der Waals surface area contributed by atoms with Gasteiger partial charge in [0.1, 0.15) is 16.5 Å². The van der Waals surface area contributed by atoms with Crippen molar-refractivity contribution in [2.75, 3.05) is 0 Å². The fourth-order valence-corrected chi connectivity index (χ4v) is 2.19. The normalized spacial score (nSPS) is 10.5. The van der Waals surface area contributed by atoms with E-state index < -0.39 is 0 Å². The molecular formula is C11H13N3S. The molecule has 0 aliphatic rings. The second kappa shape index (κ2) is 4.49. The molecule has 0 fully saturated rings. The molecule has 2 aromatic rings. The average molecular weight is 219 g/mol. The van der Waals surface area contributed by atoms with Crippen LogP contribution in [0.25, 0.3) is 10.7 Å². The highest BCUT2D eigenvalue weighted by atomic mass is 32.1. The maximum Gasteiger partial charge on any atom is 0.142 e. The Morgan fingerprint density at radius 1 is 1.33 bits per heavy atom. The molecule has 0 atom stereocenters. The summed E-state index contributed by atoms with van der Waals surface area (Å²) in [5.74, 6) is 0.791. The van der Waals surface area contributed by atoms with Gasteiger partial charge in [0.15, 0.2) is 0 Å². The zero-order valence-electron chi connectivity index (χ0n) is 8.90. The van der Waals surface area contributed by atoms with E-state index in [2.05, 4.69) is 27.3 Å². The first-order valence-electron chi connectivity index (χ1n) is 5.04. The Morgan fingerprint density at radius 2 is 2.20 bits per heavy atom. The Balaban J connectivity index is 2.29. The van der Waals surface area contributed by atoms with Gasteiger partial charge in [-0.25, -0.2) is 15.0 Å². The van der Waals surface area contributed by atoms with Crippen LogP contribution in [-0.2, 0) is 6.42 Å². The molecule has 2 aromatic heterocycles. The molecule has 0 unspecified atom stereocenters.